The summed E-state index contributed by atoms with van der Waals surface area (Å²) in [6.07, 6.45) is 0.748. The molecule has 1 unspecified atom stereocenters. The molecule has 0 aliphatic carbocycles. The lowest BCUT2D eigenvalue weighted by molar-refractivity contribution is 0.173. The zero-order chi connectivity index (χ0) is 13.1. The maximum absolute atomic E-state index is 13.6. The minimum Gasteiger partial charge on any atom is -0.388 e. The lowest BCUT2D eigenvalue weighted by Crippen LogP contribution is -2.07. The largest absolute Gasteiger partial charge is 0.388 e. The van der Waals surface area contributed by atoms with Gasteiger partial charge in [0.15, 0.2) is 0 Å². The predicted octanol–water partition coefficient (Wildman–Crippen LogP) is 2.73. The van der Waals surface area contributed by atoms with Gasteiger partial charge in [-0.2, -0.15) is 0 Å². The van der Waals surface area contributed by atoms with E-state index < -0.39 is 11.9 Å². The molecule has 5 heteroatoms. The van der Waals surface area contributed by atoms with Crippen LogP contribution in [-0.4, -0.2) is 10.1 Å². The molecule has 0 spiro atoms. The number of nitrogen functional groups attached to an aromatic ring is 1. The number of halogens is 2. The van der Waals surface area contributed by atoms with E-state index in [-0.39, 0.29) is 12.0 Å². The Labute approximate surface area is 109 Å². The fourth-order valence-corrected chi connectivity index (χ4v) is 1.89. The third-order valence-corrected chi connectivity index (χ3v) is 2.89. The molecule has 0 aliphatic heterocycles. The smallest absolute Gasteiger partial charge is 0.129 e. The highest BCUT2D eigenvalue weighted by Gasteiger charge is 2.15. The van der Waals surface area contributed by atoms with Crippen LogP contribution in [0.1, 0.15) is 17.2 Å². The van der Waals surface area contributed by atoms with Gasteiger partial charge < -0.3 is 10.8 Å². The van der Waals surface area contributed by atoms with Crippen molar-refractivity contribution in [3.8, 4) is 0 Å². The van der Waals surface area contributed by atoms with E-state index >= 15 is 0 Å². The van der Waals surface area contributed by atoms with Gasteiger partial charge in [0.1, 0.15) is 11.6 Å². The highest BCUT2D eigenvalue weighted by Crippen LogP contribution is 2.25. The highest BCUT2D eigenvalue weighted by molar-refractivity contribution is 6.30. The van der Waals surface area contributed by atoms with Gasteiger partial charge in [-0.3, -0.25) is 0 Å². The summed E-state index contributed by atoms with van der Waals surface area (Å²) in [6.45, 7) is 0. The van der Waals surface area contributed by atoms with Gasteiger partial charge in [-0.05, 0) is 29.8 Å². The first-order valence-corrected chi connectivity index (χ1v) is 5.78. The molecule has 2 rings (SSSR count). The van der Waals surface area contributed by atoms with Gasteiger partial charge in [0.25, 0.3) is 0 Å². The molecule has 0 aliphatic rings. The zero-order valence-electron chi connectivity index (χ0n) is 9.48. The average Bonchev–Trinajstić information content (AvgIpc) is 2.35. The molecule has 18 heavy (non-hydrogen) atoms. The second-order valence-corrected chi connectivity index (χ2v) is 4.37. The van der Waals surface area contributed by atoms with E-state index in [1.54, 1.807) is 18.3 Å². The molecule has 0 bridgehead atoms. The van der Waals surface area contributed by atoms with E-state index in [2.05, 4.69) is 4.98 Å². The van der Waals surface area contributed by atoms with Gasteiger partial charge in [0, 0.05) is 23.2 Å². The van der Waals surface area contributed by atoms with E-state index in [1.807, 2.05) is 0 Å². The van der Waals surface area contributed by atoms with Crippen LogP contribution in [0.2, 0.25) is 5.02 Å². The van der Waals surface area contributed by atoms with E-state index in [1.165, 1.54) is 18.2 Å². The molecule has 0 fully saturated rings. The topological polar surface area (TPSA) is 59.1 Å². The van der Waals surface area contributed by atoms with Crippen molar-refractivity contribution >= 4 is 17.4 Å². The number of pyridine rings is 1. The molecule has 1 atom stereocenters. The monoisotopic (exact) mass is 266 g/mol. The Balaban J connectivity index is 2.25. The molecular weight excluding hydrogens is 255 g/mol. The van der Waals surface area contributed by atoms with Crippen molar-refractivity contribution in [2.24, 2.45) is 0 Å². The Morgan fingerprint density at radius 2 is 2.17 bits per heavy atom. The summed E-state index contributed by atoms with van der Waals surface area (Å²) in [5.41, 5.74) is 6.50. The average molecular weight is 267 g/mol. The highest BCUT2D eigenvalue weighted by atomic mass is 35.5. The van der Waals surface area contributed by atoms with E-state index in [0.717, 1.165) is 0 Å². The Bertz CT molecular complexity index is 562. The fourth-order valence-electron chi connectivity index (χ4n) is 1.71. The molecule has 1 heterocycles. The van der Waals surface area contributed by atoms with Gasteiger partial charge >= 0.3 is 0 Å². The lowest BCUT2D eigenvalue weighted by Gasteiger charge is -2.13. The Kier molecular flexibility index (Phi) is 3.79. The summed E-state index contributed by atoms with van der Waals surface area (Å²) < 4.78 is 13.6. The first-order chi connectivity index (χ1) is 8.58. The molecule has 0 saturated carbocycles. The van der Waals surface area contributed by atoms with Crippen LogP contribution >= 0.6 is 11.6 Å². The van der Waals surface area contributed by atoms with Crippen LogP contribution in [-0.2, 0) is 6.42 Å². The number of nitrogens with zero attached hydrogens (tertiary/aromatic N) is 1. The number of hydrogen-bond acceptors (Lipinski definition) is 3. The molecule has 3 N–H and O–H groups in total. The SMILES string of the molecule is Nc1ncccc1CC(O)c1cc(Cl)ccc1F. The maximum Gasteiger partial charge on any atom is 0.129 e. The summed E-state index contributed by atoms with van der Waals surface area (Å²) in [4.78, 5) is 3.91. The molecule has 1 aromatic carbocycles. The predicted molar refractivity (Wildman–Crippen MR) is 68.7 cm³/mol. The summed E-state index contributed by atoms with van der Waals surface area (Å²) in [5, 5.41) is 10.4. The van der Waals surface area contributed by atoms with Crippen LogP contribution in [0.5, 0.6) is 0 Å². The van der Waals surface area contributed by atoms with Crippen molar-refractivity contribution in [3.05, 3.63) is 58.5 Å². The van der Waals surface area contributed by atoms with Gasteiger partial charge in [-0.1, -0.05) is 17.7 Å². The molecule has 1 aromatic heterocycles. The van der Waals surface area contributed by atoms with Crippen LogP contribution in [0.25, 0.3) is 0 Å². The van der Waals surface area contributed by atoms with Gasteiger partial charge in [-0.15, -0.1) is 0 Å². The number of nitrogens with two attached hydrogens (primary N) is 1. The van der Waals surface area contributed by atoms with Crippen LogP contribution in [0, 0.1) is 5.82 Å². The van der Waals surface area contributed by atoms with Crippen molar-refractivity contribution in [1.29, 1.82) is 0 Å². The summed E-state index contributed by atoms with van der Waals surface area (Å²) >= 11 is 5.78. The zero-order valence-corrected chi connectivity index (χ0v) is 10.2. The molecule has 0 saturated heterocycles. The second-order valence-electron chi connectivity index (χ2n) is 3.93. The Hall–Kier alpha value is -1.65. The number of benzene rings is 1. The van der Waals surface area contributed by atoms with E-state index in [4.69, 9.17) is 17.3 Å². The van der Waals surface area contributed by atoms with Crippen LogP contribution in [0.15, 0.2) is 36.5 Å². The number of rotatable bonds is 3. The summed E-state index contributed by atoms with van der Waals surface area (Å²) in [6, 6.07) is 7.54. The second kappa shape index (κ2) is 5.33. The van der Waals surface area contributed by atoms with E-state index in [9.17, 15) is 9.50 Å². The summed E-state index contributed by atoms with van der Waals surface area (Å²) in [7, 11) is 0. The van der Waals surface area contributed by atoms with Gasteiger partial charge in [0.05, 0.1) is 6.10 Å². The molecule has 0 radical (unpaired) electrons. The number of anilines is 1. The first-order valence-electron chi connectivity index (χ1n) is 5.40. The normalized spacial score (nSPS) is 12.4. The molecule has 2 aromatic rings. The quantitative estimate of drug-likeness (QED) is 0.898. The lowest BCUT2D eigenvalue weighted by atomic mass is 10.0. The molecule has 94 valence electrons. The first kappa shape index (κ1) is 12.8. The third-order valence-electron chi connectivity index (χ3n) is 2.66. The van der Waals surface area contributed by atoms with Crippen molar-refractivity contribution in [2.75, 3.05) is 5.73 Å². The Morgan fingerprint density at radius 1 is 1.39 bits per heavy atom. The van der Waals surface area contributed by atoms with Crippen LogP contribution in [0.4, 0.5) is 10.2 Å². The van der Waals surface area contributed by atoms with Crippen LogP contribution < -0.4 is 5.73 Å². The van der Waals surface area contributed by atoms with Gasteiger partial charge in [-0.25, -0.2) is 9.37 Å². The van der Waals surface area contributed by atoms with Gasteiger partial charge in [0.2, 0.25) is 0 Å². The maximum atomic E-state index is 13.6. The minimum absolute atomic E-state index is 0.158. The van der Waals surface area contributed by atoms with Crippen molar-refractivity contribution in [1.82, 2.24) is 4.98 Å². The van der Waals surface area contributed by atoms with Crippen LogP contribution in [0.3, 0.4) is 0 Å². The number of aromatic nitrogens is 1. The molecular formula is C13H12ClFN2O. The van der Waals surface area contributed by atoms with Crippen molar-refractivity contribution in [2.45, 2.75) is 12.5 Å². The fraction of sp³-hybridized carbons (Fsp3) is 0.154. The number of hydrogen-bond donors (Lipinski definition) is 2. The third kappa shape index (κ3) is 2.78. The minimum atomic E-state index is -1.00. The number of aliphatic hydroxyl groups is 1. The van der Waals surface area contributed by atoms with Crippen molar-refractivity contribution < 1.29 is 9.50 Å². The number of aliphatic hydroxyl groups excluding tert-OH is 1. The van der Waals surface area contributed by atoms with Crippen molar-refractivity contribution in [3.63, 3.8) is 0 Å². The molecule has 3 nitrogen and oxygen atoms in total. The molecule has 0 amide bonds. The standard InChI is InChI=1S/C13H12ClFN2O/c14-9-3-4-11(15)10(7-9)12(18)6-8-2-1-5-17-13(8)16/h1-5,7,12,18H,6H2,(H2,16,17). The summed E-state index contributed by atoms with van der Waals surface area (Å²) in [5.74, 6) is -0.159. The van der Waals surface area contributed by atoms with E-state index in [0.29, 0.717) is 16.4 Å². The Morgan fingerprint density at radius 3 is 2.89 bits per heavy atom.